The monoisotopic (exact) mass is 267 g/mol. The number of fused-ring (bicyclic) bond motifs is 1. The number of pyridine rings is 1. The molecule has 3 rings (SSSR count). The highest BCUT2D eigenvalue weighted by Crippen LogP contribution is 2.33. The quantitative estimate of drug-likeness (QED) is 0.832. The molecule has 1 aromatic carbocycles. The third kappa shape index (κ3) is 2.74. The van der Waals surface area contributed by atoms with Gasteiger partial charge in [0.05, 0.1) is 5.52 Å². The summed E-state index contributed by atoms with van der Waals surface area (Å²) in [7, 11) is 0. The highest BCUT2D eigenvalue weighted by molar-refractivity contribution is 5.84. The summed E-state index contributed by atoms with van der Waals surface area (Å²) >= 11 is 0. The Labute approximate surface area is 120 Å². The molecule has 104 valence electrons. The molecule has 2 aromatic rings. The minimum atomic E-state index is 0.272. The lowest BCUT2D eigenvalue weighted by Gasteiger charge is -2.09. The van der Waals surface area contributed by atoms with E-state index >= 15 is 0 Å². The van der Waals surface area contributed by atoms with Gasteiger partial charge in [0.25, 0.3) is 0 Å². The summed E-state index contributed by atoms with van der Waals surface area (Å²) in [6, 6.07) is 12.1. The standard InChI is InChI=1S/C18H21NO/c1-2-13-7-8-15(11-13)18(20)12-16-10-9-14-5-3-4-6-17(14)19-16/h3-6,9-10,13,15H,2,7-8,11-12H2,1H3. The van der Waals surface area contributed by atoms with Gasteiger partial charge in [-0.25, -0.2) is 0 Å². The summed E-state index contributed by atoms with van der Waals surface area (Å²) in [5.74, 6) is 1.41. The first-order valence-corrected chi connectivity index (χ1v) is 7.63. The first-order chi connectivity index (χ1) is 9.76. The van der Waals surface area contributed by atoms with Crippen LogP contribution >= 0.6 is 0 Å². The predicted molar refractivity (Wildman–Crippen MR) is 81.6 cm³/mol. The van der Waals surface area contributed by atoms with Crippen molar-refractivity contribution in [2.45, 2.75) is 39.0 Å². The van der Waals surface area contributed by atoms with Crippen molar-refractivity contribution >= 4 is 16.7 Å². The van der Waals surface area contributed by atoms with E-state index in [0.717, 1.165) is 35.4 Å². The van der Waals surface area contributed by atoms with Crippen LogP contribution in [-0.2, 0) is 11.2 Å². The van der Waals surface area contributed by atoms with Crippen LogP contribution in [0.3, 0.4) is 0 Å². The smallest absolute Gasteiger partial charge is 0.141 e. The number of Topliss-reactive ketones (excluding diaryl/α,β-unsaturated/α-hetero) is 1. The Morgan fingerprint density at radius 3 is 2.85 bits per heavy atom. The molecule has 2 heteroatoms. The highest BCUT2D eigenvalue weighted by Gasteiger charge is 2.28. The average Bonchev–Trinajstić information content (AvgIpc) is 2.96. The van der Waals surface area contributed by atoms with Gasteiger partial charge in [0.15, 0.2) is 0 Å². The Morgan fingerprint density at radius 2 is 2.05 bits per heavy atom. The lowest BCUT2D eigenvalue weighted by Crippen LogP contribution is -2.14. The van der Waals surface area contributed by atoms with Crippen molar-refractivity contribution in [2.75, 3.05) is 0 Å². The van der Waals surface area contributed by atoms with E-state index < -0.39 is 0 Å². The van der Waals surface area contributed by atoms with Gasteiger partial charge in [0, 0.05) is 23.4 Å². The molecule has 1 aromatic heterocycles. The normalized spacial score (nSPS) is 22.2. The largest absolute Gasteiger partial charge is 0.299 e. The third-order valence-electron chi connectivity index (χ3n) is 4.59. The van der Waals surface area contributed by atoms with Crippen molar-refractivity contribution < 1.29 is 4.79 Å². The van der Waals surface area contributed by atoms with Gasteiger partial charge < -0.3 is 0 Å². The van der Waals surface area contributed by atoms with Gasteiger partial charge >= 0.3 is 0 Å². The second-order valence-electron chi connectivity index (χ2n) is 5.92. The molecular formula is C18H21NO. The van der Waals surface area contributed by atoms with Crippen LogP contribution in [0.1, 0.15) is 38.3 Å². The maximum absolute atomic E-state index is 12.4. The fourth-order valence-electron chi connectivity index (χ4n) is 3.27. The molecule has 0 amide bonds. The minimum Gasteiger partial charge on any atom is -0.299 e. The summed E-state index contributed by atoms with van der Waals surface area (Å²) in [6.45, 7) is 2.22. The van der Waals surface area contributed by atoms with E-state index in [9.17, 15) is 4.79 Å². The summed E-state index contributed by atoms with van der Waals surface area (Å²) in [5.41, 5.74) is 1.89. The molecule has 2 unspecified atom stereocenters. The number of ketones is 1. The second kappa shape index (κ2) is 5.74. The first kappa shape index (κ1) is 13.3. The average molecular weight is 267 g/mol. The molecule has 20 heavy (non-hydrogen) atoms. The SMILES string of the molecule is CCC1CCC(C(=O)Cc2ccc3ccccc3n2)C1. The number of aromatic nitrogens is 1. The van der Waals surface area contributed by atoms with Gasteiger partial charge in [-0.05, 0) is 37.3 Å². The van der Waals surface area contributed by atoms with E-state index in [0.29, 0.717) is 12.2 Å². The maximum Gasteiger partial charge on any atom is 0.141 e. The van der Waals surface area contributed by atoms with Crippen LogP contribution in [0.15, 0.2) is 36.4 Å². The van der Waals surface area contributed by atoms with Crippen molar-refractivity contribution in [3.8, 4) is 0 Å². The van der Waals surface area contributed by atoms with E-state index in [2.05, 4.69) is 24.0 Å². The molecular weight excluding hydrogens is 246 g/mol. The van der Waals surface area contributed by atoms with Gasteiger partial charge in [-0.3, -0.25) is 9.78 Å². The lowest BCUT2D eigenvalue weighted by molar-refractivity contribution is -0.122. The molecule has 1 aliphatic rings. The number of nitrogens with zero attached hydrogens (tertiary/aromatic N) is 1. The van der Waals surface area contributed by atoms with Crippen LogP contribution in [0, 0.1) is 11.8 Å². The van der Waals surface area contributed by atoms with Gasteiger partial charge in [-0.2, -0.15) is 0 Å². The van der Waals surface area contributed by atoms with Crippen LogP contribution in [0.25, 0.3) is 10.9 Å². The minimum absolute atomic E-state index is 0.272. The van der Waals surface area contributed by atoms with Crippen LogP contribution in [0.4, 0.5) is 0 Å². The summed E-state index contributed by atoms with van der Waals surface area (Å²) < 4.78 is 0. The maximum atomic E-state index is 12.4. The molecule has 1 aliphatic carbocycles. The number of rotatable bonds is 4. The fraction of sp³-hybridized carbons (Fsp3) is 0.444. The molecule has 0 bridgehead atoms. The van der Waals surface area contributed by atoms with Crippen LogP contribution in [-0.4, -0.2) is 10.8 Å². The molecule has 1 heterocycles. The van der Waals surface area contributed by atoms with Crippen molar-refractivity contribution in [2.24, 2.45) is 11.8 Å². The zero-order valence-corrected chi connectivity index (χ0v) is 12.0. The molecule has 0 saturated heterocycles. The zero-order chi connectivity index (χ0) is 13.9. The number of para-hydroxylation sites is 1. The zero-order valence-electron chi connectivity index (χ0n) is 12.0. The topological polar surface area (TPSA) is 30.0 Å². The van der Waals surface area contributed by atoms with Crippen LogP contribution in [0.5, 0.6) is 0 Å². The summed E-state index contributed by atoms with van der Waals surface area (Å²) in [6.07, 6.45) is 5.08. The van der Waals surface area contributed by atoms with E-state index in [4.69, 9.17) is 0 Å². The molecule has 2 atom stereocenters. The predicted octanol–water partition coefficient (Wildman–Crippen LogP) is 4.17. The Kier molecular flexibility index (Phi) is 3.81. The van der Waals surface area contributed by atoms with Crippen molar-refractivity contribution in [1.82, 2.24) is 4.98 Å². The summed E-state index contributed by atoms with van der Waals surface area (Å²) in [4.78, 5) is 17.0. The van der Waals surface area contributed by atoms with Gasteiger partial charge in [-0.1, -0.05) is 37.6 Å². The summed E-state index contributed by atoms with van der Waals surface area (Å²) in [5, 5.41) is 1.13. The van der Waals surface area contributed by atoms with Gasteiger partial charge in [0.1, 0.15) is 5.78 Å². The Morgan fingerprint density at radius 1 is 1.20 bits per heavy atom. The number of carbonyl (C=O) groups excluding carboxylic acids is 1. The van der Waals surface area contributed by atoms with E-state index in [1.807, 2.05) is 24.3 Å². The van der Waals surface area contributed by atoms with E-state index in [1.165, 1.54) is 12.8 Å². The van der Waals surface area contributed by atoms with Crippen LogP contribution < -0.4 is 0 Å². The van der Waals surface area contributed by atoms with Gasteiger partial charge in [0.2, 0.25) is 0 Å². The van der Waals surface area contributed by atoms with Crippen molar-refractivity contribution in [1.29, 1.82) is 0 Å². The van der Waals surface area contributed by atoms with Crippen molar-refractivity contribution in [3.05, 3.63) is 42.1 Å². The second-order valence-corrected chi connectivity index (χ2v) is 5.92. The van der Waals surface area contributed by atoms with E-state index in [-0.39, 0.29) is 5.92 Å². The fourth-order valence-corrected chi connectivity index (χ4v) is 3.27. The van der Waals surface area contributed by atoms with Crippen molar-refractivity contribution in [3.63, 3.8) is 0 Å². The molecule has 0 N–H and O–H groups in total. The molecule has 0 spiro atoms. The molecule has 1 saturated carbocycles. The Bertz CT molecular complexity index is 620. The third-order valence-corrected chi connectivity index (χ3v) is 4.59. The molecule has 2 nitrogen and oxygen atoms in total. The molecule has 0 radical (unpaired) electrons. The first-order valence-electron chi connectivity index (χ1n) is 7.63. The lowest BCUT2D eigenvalue weighted by atomic mass is 9.96. The molecule has 1 fully saturated rings. The Balaban J connectivity index is 1.71. The Hall–Kier alpha value is -1.70. The number of carbonyl (C=O) groups is 1. The van der Waals surface area contributed by atoms with Gasteiger partial charge in [-0.15, -0.1) is 0 Å². The van der Waals surface area contributed by atoms with Crippen LogP contribution in [0.2, 0.25) is 0 Å². The highest BCUT2D eigenvalue weighted by atomic mass is 16.1. The number of hydrogen-bond acceptors (Lipinski definition) is 2. The number of hydrogen-bond donors (Lipinski definition) is 0. The number of benzene rings is 1. The van der Waals surface area contributed by atoms with E-state index in [1.54, 1.807) is 0 Å². The molecule has 0 aliphatic heterocycles.